The number of guanidine groups is 1. The van der Waals surface area contributed by atoms with Crippen LogP contribution in [-0.4, -0.2) is 88.4 Å². The van der Waals surface area contributed by atoms with Crippen LogP contribution in [0.1, 0.15) is 32.8 Å². The Labute approximate surface area is 206 Å². The molecule has 1 aromatic carbocycles. The normalized spacial score (nSPS) is 15.3. The Morgan fingerprint density at radius 3 is 2.42 bits per heavy atom. The number of hydrogen-bond acceptors (Lipinski definition) is 5. The van der Waals surface area contributed by atoms with Crippen molar-refractivity contribution in [1.29, 1.82) is 0 Å². The minimum absolute atomic E-state index is 0. The highest BCUT2D eigenvalue weighted by Gasteiger charge is 2.14. The van der Waals surface area contributed by atoms with E-state index >= 15 is 0 Å². The third kappa shape index (κ3) is 10.3. The van der Waals surface area contributed by atoms with E-state index in [-0.39, 0.29) is 24.0 Å². The lowest BCUT2D eigenvalue weighted by Gasteiger charge is -2.34. The van der Waals surface area contributed by atoms with Crippen LogP contribution in [0.4, 0.5) is 0 Å². The van der Waals surface area contributed by atoms with Crippen LogP contribution in [0.25, 0.3) is 0 Å². The van der Waals surface area contributed by atoms with Gasteiger partial charge in [-0.1, -0.05) is 13.0 Å². The smallest absolute Gasteiger partial charge is 0.191 e. The molecular formula is C23H42IN5O2. The molecule has 0 spiro atoms. The summed E-state index contributed by atoms with van der Waals surface area (Å²) in [5.41, 5.74) is 1.25. The molecule has 7 nitrogen and oxygen atoms in total. The Bertz CT molecular complexity index is 636. The minimum atomic E-state index is 0. The van der Waals surface area contributed by atoms with Crippen LogP contribution in [-0.2, 0) is 6.42 Å². The van der Waals surface area contributed by atoms with E-state index in [1.165, 1.54) is 18.7 Å². The van der Waals surface area contributed by atoms with Gasteiger partial charge in [-0.3, -0.25) is 9.89 Å². The summed E-state index contributed by atoms with van der Waals surface area (Å²) in [5.74, 6) is 2.51. The van der Waals surface area contributed by atoms with E-state index in [2.05, 4.69) is 46.4 Å². The molecule has 0 bridgehead atoms. The van der Waals surface area contributed by atoms with E-state index in [1.807, 2.05) is 13.0 Å². The SMILES string of the molecule is CCNC(=NCCCc1ccc(OC)c(OCC)c1)NCCN1CCN(CC)CC1.I. The Kier molecular flexibility index (Phi) is 14.7. The zero-order valence-corrected chi connectivity index (χ0v) is 22.1. The number of nitrogens with one attached hydrogen (secondary N) is 2. The lowest BCUT2D eigenvalue weighted by atomic mass is 10.1. The number of ether oxygens (including phenoxy) is 2. The van der Waals surface area contributed by atoms with Crippen molar-refractivity contribution in [2.75, 3.05) is 72.6 Å². The fourth-order valence-corrected chi connectivity index (χ4v) is 3.62. The van der Waals surface area contributed by atoms with Crippen LogP contribution >= 0.6 is 24.0 Å². The summed E-state index contributed by atoms with van der Waals surface area (Å²) in [6.45, 7) is 16.5. The molecule has 31 heavy (non-hydrogen) atoms. The number of aliphatic imine (C=N–C) groups is 1. The largest absolute Gasteiger partial charge is 0.493 e. The van der Waals surface area contributed by atoms with Crippen LogP contribution < -0.4 is 20.1 Å². The lowest BCUT2D eigenvalue weighted by Crippen LogP contribution is -2.49. The summed E-state index contributed by atoms with van der Waals surface area (Å²) in [5, 5.41) is 6.83. The Balaban J connectivity index is 0.00000480. The molecule has 1 aromatic rings. The molecule has 1 saturated heterocycles. The maximum atomic E-state index is 5.67. The highest BCUT2D eigenvalue weighted by Crippen LogP contribution is 2.28. The molecule has 0 radical (unpaired) electrons. The van der Waals surface area contributed by atoms with Gasteiger partial charge in [0.15, 0.2) is 17.5 Å². The van der Waals surface area contributed by atoms with Crippen molar-refractivity contribution >= 4 is 29.9 Å². The monoisotopic (exact) mass is 547 g/mol. The molecule has 0 saturated carbocycles. The van der Waals surface area contributed by atoms with Crippen LogP contribution in [0.3, 0.4) is 0 Å². The number of likely N-dealkylation sites (N-methyl/N-ethyl adjacent to an activating group) is 1. The predicted octanol–water partition coefficient (Wildman–Crippen LogP) is 2.84. The highest BCUT2D eigenvalue weighted by atomic mass is 127. The minimum Gasteiger partial charge on any atom is -0.493 e. The van der Waals surface area contributed by atoms with Crippen molar-refractivity contribution in [3.63, 3.8) is 0 Å². The summed E-state index contributed by atoms with van der Waals surface area (Å²) in [4.78, 5) is 9.78. The fourth-order valence-electron chi connectivity index (χ4n) is 3.62. The number of aryl methyl sites for hydroxylation is 1. The summed E-state index contributed by atoms with van der Waals surface area (Å²) in [6, 6.07) is 6.16. The fraction of sp³-hybridized carbons (Fsp3) is 0.696. The number of piperazine rings is 1. The first-order valence-corrected chi connectivity index (χ1v) is 11.5. The van der Waals surface area contributed by atoms with E-state index in [4.69, 9.17) is 14.5 Å². The summed E-state index contributed by atoms with van der Waals surface area (Å²) in [7, 11) is 1.67. The summed E-state index contributed by atoms with van der Waals surface area (Å²) < 4.78 is 11.0. The van der Waals surface area contributed by atoms with E-state index in [1.54, 1.807) is 7.11 Å². The van der Waals surface area contributed by atoms with Gasteiger partial charge in [0.2, 0.25) is 0 Å². The molecule has 1 aliphatic heterocycles. The van der Waals surface area contributed by atoms with Crippen LogP contribution in [0, 0.1) is 0 Å². The van der Waals surface area contributed by atoms with Crippen molar-refractivity contribution in [2.45, 2.75) is 33.6 Å². The first kappa shape index (κ1) is 27.8. The number of benzene rings is 1. The number of hydrogen-bond donors (Lipinski definition) is 2. The van der Waals surface area contributed by atoms with Crippen molar-refractivity contribution < 1.29 is 9.47 Å². The van der Waals surface area contributed by atoms with E-state index in [0.29, 0.717) is 6.61 Å². The summed E-state index contributed by atoms with van der Waals surface area (Å²) >= 11 is 0. The van der Waals surface area contributed by atoms with Crippen molar-refractivity contribution in [1.82, 2.24) is 20.4 Å². The second-order valence-corrected chi connectivity index (χ2v) is 7.49. The Hall–Kier alpha value is -1.26. The molecule has 0 atom stereocenters. The van der Waals surface area contributed by atoms with E-state index in [0.717, 1.165) is 76.1 Å². The lowest BCUT2D eigenvalue weighted by molar-refractivity contribution is 0.139. The first-order chi connectivity index (χ1) is 14.7. The van der Waals surface area contributed by atoms with Crippen molar-refractivity contribution in [3.8, 4) is 11.5 Å². The average Bonchev–Trinajstić information content (AvgIpc) is 2.77. The number of nitrogens with zero attached hydrogens (tertiary/aromatic N) is 3. The maximum absolute atomic E-state index is 5.67. The second kappa shape index (κ2) is 16.4. The van der Waals surface area contributed by atoms with Gasteiger partial charge in [0.25, 0.3) is 0 Å². The third-order valence-electron chi connectivity index (χ3n) is 5.40. The van der Waals surface area contributed by atoms with E-state index in [9.17, 15) is 0 Å². The van der Waals surface area contributed by atoms with E-state index < -0.39 is 0 Å². The molecule has 2 rings (SSSR count). The number of halogens is 1. The molecule has 8 heteroatoms. The highest BCUT2D eigenvalue weighted by molar-refractivity contribution is 14.0. The van der Waals surface area contributed by atoms with Gasteiger partial charge < -0.3 is 25.0 Å². The zero-order chi connectivity index (χ0) is 21.6. The third-order valence-corrected chi connectivity index (χ3v) is 5.40. The molecule has 0 amide bonds. The molecule has 2 N–H and O–H groups in total. The van der Waals surface area contributed by atoms with Crippen molar-refractivity contribution in [2.24, 2.45) is 4.99 Å². The van der Waals surface area contributed by atoms with Crippen LogP contribution in [0.15, 0.2) is 23.2 Å². The quantitative estimate of drug-likeness (QED) is 0.182. The van der Waals surface area contributed by atoms with Gasteiger partial charge in [-0.15, -0.1) is 24.0 Å². The van der Waals surface area contributed by atoms with Gasteiger partial charge >= 0.3 is 0 Å². The number of methoxy groups -OCH3 is 1. The number of rotatable bonds is 12. The summed E-state index contributed by atoms with van der Waals surface area (Å²) in [6.07, 6.45) is 1.96. The molecule has 0 unspecified atom stereocenters. The second-order valence-electron chi connectivity index (χ2n) is 7.49. The van der Waals surface area contributed by atoms with Crippen LogP contribution in [0.2, 0.25) is 0 Å². The predicted molar refractivity (Wildman–Crippen MR) is 140 cm³/mol. The van der Waals surface area contributed by atoms with Gasteiger partial charge in [0.1, 0.15) is 0 Å². The zero-order valence-electron chi connectivity index (χ0n) is 19.8. The van der Waals surface area contributed by atoms with Gasteiger partial charge in [-0.25, -0.2) is 0 Å². The van der Waals surface area contributed by atoms with Gasteiger partial charge in [-0.2, -0.15) is 0 Å². The van der Waals surface area contributed by atoms with Crippen LogP contribution in [0.5, 0.6) is 11.5 Å². The molecule has 178 valence electrons. The molecule has 0 aromatic heterocycles. The topological polar surface area (TPSA) is 61.4 Å². The van der Waals surface area contributed by atoms with Gasteiger partial charge in [-0.05, 0) is 50.9 Å². The molecule has 1 fully saturated rings. The Morgan fingerprint density at radius 1 is 1.03 bits per heavy atom. The van der Waals surface area contributed by atoms with Gasteiger partial charge in [0.05, 0.1) is 13.7 Å². The van der Waals surface area contributed by atoms with Crippen molar-refractivity contribution in [3.05, 3.63) is 23.8 Å². The molecule has 0 aliphatic carbocycles. The average molecular weight is 548 g/mol. The van der Waals surface area contributed by atoms with Gasteiger partial charge in [0, 0.05) is 52.4 Å². The standard InChI is InChI=1S/C23H41N5O2.HI/c1-5-24-23(26-13-14-28-17-15-27(6-2)16-18-28)25-12-8-9-20-10-11-21(29-4)22(19-20)30-7-3;/h10-11,19H,5-9,12-18H2,1-4H3,(H2,24,25,26);1H. The molecular weight excluding hydrogens is 505 g/mol. The molecule has 1 aliphatic rings. The Morgan fingerprint density at radius 2 is 1.77 bits per heavy atom. The molecule has 1 heterocycles. The maximum Gasteiger partial charge on any atom is 0.191 e. The first-order valence-electron chi connectivity index (χ1n) is 11.5.